The molecule has 2 aliphatic carbocycles. The van der Waals surface area contributed by atoms with Crippen molar-refractivity contribution in [1.29, 1.82) is 0 Å². The first kappa shape index (κ1) is 21.1. The lowest BCUT2D eigenvalue weighted by Gasteiger charge is -2.38. The third-order valence-electron chi connectivity index (χ3n) is 8.69. The minimum atomic E-state index is -0.129. The maximum Gasteiger partial charge on any atom is 0.310 e. The van der Waals surface area contributed by atoms with E-state index in [2.05, 4.69) is 46.6 Å². The van der Waals surface area contributed by atoms with Crippen molar-refractivity contribution in [3.63, 3.8) is 0 Å². The van der Waals surface area contributed by atoms with Crippen LogP contribution in [-0.4, -0.2) is 35.6 Å². The Balaban J connectivity index is 1.43. The molecule has 3 nitrogen and oxygen atoms in total. The predicted molar refractivity (Wildman–Crippen MR) is 112 cm³/mol. The largest absolute Gasteiger partial charge is 0.465 e. The lowest BCUT2D eigenvalue weighted by molar-refractivity contribution is -0.152. The zero-order valence-electron chi connectivity index (χ0n) is 18.7. The maximum atomic E-state index is 12.8. The number of esters is 1. The predicted octanol–water partition coefficient (Wildman–Crippen LogP) is 5.67. The summed E-state index contributed by atoms with van der Waals surface area (Å²) in [6.45, 7) is 11.9. The van der Waals surface area contributed by atoms with Crippen LogP contribution < -0.4 is 0 Å². The Kier molecular flexibility index (Phi) is 6.30. The monoisotopic (exact) mass is 377 g/mol. The summed E-state index contributed by atoms with van der Waals surface area (Å²) >= 11 is 0. The van der Waals surface area contributed by atoms with E-state index >= 15 is 0 Å². The van der Waals surface area contributed by atoms with Gasteiger partial charge in [-0.15, -0.1) is 0 Å². The van der Waals surface area contributed by atoms with Gasteiger partial charge in [0.1, 0.15) is 0 Å². The minimum absolute atomic E-state index is 0.0157. The van der Waals surface area contributed by atoms with Crippen LogP contribution in [0, 0.1) is 29.6 Å². The van der Waals surface area contributed by atoms with Crippen LogP contribution in [0.4, 0.5) is 0 Å². The average molecular weight is 378 g/mol. The molecule has 1 atom stereocenters. The van der Waals surface area contributed by atoms with Crippen LogP contribution in [0.5, 0.6) is 0 Å². The van der Waals surface area contributed by atoms with Crippen molar-refractivity contribution < 1.29 is 9.53 Å². The second-order valence-electron chi connectivity index (χ2n) is 11.2. The summed E-state index contributed by atoms with van der Waals surface area (Å²) in [4.78, 5) is 15.2. The summed E-state index contributed by atoms with van der Waals surface area (Å²) in [7, 11) is 2.14. The van der Waals surface area contributed by atoms with Gasteiger partial charge in [-0.1, -0.05) is 19.8 Å². The van der Waals surface area contributed by atoms with E-state index < -0.39 is 0 Å². The second-order valence-corrected chi connectivity index (χ2v) is 11.2. The zero-order valence-corrected chi connectivity index (χ0v) is 18.7. The van der Waals surface area contributed by atoms with Crippen LogP contribution in [0.3, 0.4) is 0 Å². The molecule has 0 aromatic heterocycles. The Bertz CT molecular complexity index is 510. The molecule has 1 heterocycles. The van der Waals surface area contributed by atoms with Gasteiger partial charge < -0.3 is 4.74 Å². The van der Waals surface area contributed by atoms with Gasteiger partial charge in [0.15, 0.2) is 0 Å². The van der Waals surface area contributed by atoms with Crippen LogP contribution in [0.15, 0.2) is 0 Å². The summed E-state index contributed by atoms with van der Waals surface area (Å²) in [5.74, 6) is 3.46. The van der Waals surface area contributed by atoms with Gasteiger partial charge in [-0.3, -0.25) is 9.69 Å². The van der Waals surface area contributed by atoms with Gasteiger partial charge >= 0.3 is 5.97 Å². The normalized spacial score (nSPS) is 39.3. The maximum absolute atomic E-state index is 12.8. The molecule has 3 heteroatoms. The fraction of sp³-hybridized carbons (Fsp3) is 0.958. The Morgan fingerprint density at radius 2 is 1.44 bits per heavy atom. The van der Waals surface area contributed by atoms with E-state index in [9.17, 15) is 4.79 Å². The zero-order chi connectivity index (χ0) is 19.8. The number of carbonyl (C=O) groups excluding carboxylic acids is 1. The lowest BCUT2D eigenvalue weighted by atomic mass is 9.69. The first-order valence-corrected chi connectivity index (χ1v) is 11.5. The fourth-order valence-corrected chi connectivity index (χ4v) is 6.16. The van der Waals surface area contributed by atoms with Gasteiger partial charge in [0.2, 0.25) is 0 Å². The van der Waals surface area contributed by atoms with Gasteiger partial charge in [0, 0.05) is 11.1 Å². The molecule has 1 unspecified atom stereocenters. The lowest BCUT2D eigenvalue weighted by Crippen LogP contribution is -2.48. The smallest absolute Gasteiger partial charge is 0.310 e. The van der Waals surface area contributed by atoms with Crippen LogP contribution in [0.25, 0.3) is 0 Å². The summed E-state index contributed by atoms with van der Waals surface area (Å²) in [6, 6.07) is 0. The van der Waals surface area contributed by atoms with E-state index in [-0.39, 0.29) is 23.0 Å². The Morgan fingerprint density at radius 1 is 0.926 bits per heavy atom. The van der Waals surface area contributed by atoms with Crippen LogP contribution >= 0.6 is 0 Å². The molecule has 0 N–H and O–H groups in total. The van der Waals surface area contributed by atoms with E-state index in [0.29, 0.717) is 12.5 Å². The topological polar surface area (TPSA) is 29.5 Å². The molecule has 0 aromatic carbocycles. The van der Waals surface area contributed by atoms with E-state index in [4.69, 9.17) is 4.74 Å². The highest BCUT2D eigenvalue weighted by molar-refractivity contribution is 5.74. The van der Waals surface area contributed by atoms with Crippen molar-refractivity contribution in [3.05, 3.63) is 0 Å². The van der Waals surface area contributed by atoms with Crippen molar-refractivity contribution in [3.8, 4) is 0 Å². The number of likely N-dealkylation sites (tertiary alicyclic amines) is 1. The third kappa shape index (κ3) is 4.54. The van der Waals surface area contributed by atoms with Gasteiger partial charge in [-0.2, -0.15) is 0 Å². The van der Waals surface area contributed by atoms with Gasteiger partial charge in [-0.25, -0.2) is 0 Å². The van der Waals surface area contributed by atoms with E-state index in [1.54, 1.807) is 0 Å². The Morgan fingerprint density at radius 3 is 1.93 bits per heavy atom. The minimum Gasteiger partial charge on any atom is -0.465 e. The van der Waals surface area contributed by atoms with Gasteiger partial charge in [0.05, 0.1) is 12.5 Å². The molecule has 0 bridgehead atoms. The number of ether oxygens (including phenoxy) is 1. The molecule has 3 fully saturated rings. The molecule has 27 heavy (non-hydrogen) atoms. The Hall–Kier alpha value is -0.570. The number of nitrogens with zero attached hydrogens (tertiary/aromatic N) is 1. The Labute approximate surface area is 167 Å². The van der Waals surface area contributed by atoms with Crippen molar-refractivity contribution >= 4 is 5.97 Å². The molecule has 0 spiro atoms. The van der Waals surface area contributed by atoms with Crippen molar-refractivity contribution in [2.24, 2.45) is 29.6 Å². The molecule has 156 valence electrons. The quantitative estimate of drug-likeness (QED) is 0.591. The summed E-state index contributed by atoms with van der Waals surface area (Å²) in [5.41, 5.74) is -0.0703. The standard InChI is InChI=1S/C24H43NO2/c1-17-7-11-19(12-8-17)20-13-9-18(10-14-20)16-27-22(26)21-15-23(2,3)25(6)24(21,4)5/h17-21H,7-16H2,1-6H3. The van der Waals surface area contributed by atoms with Crippen LogP contribution in [-0.2, 0) is 9.53 Å². The number of hydrogen-bond acceptors (Lipinski definition) is 3. The first-order chi connectivity index (χ1) is 12.6. The first-order valence-electron chi connectivity index (χ1n) is 11.5. The SMILES string of the molecule is CC1CCC(C2CCC(COC(=O)C3CC(C)(C)N(C)C3(C)C)CC2)CC1. The molecule has 1 saturated heterocycles. The summed E-state index contributed by atoms with van der Waals surface area (Å²) in [5, 5.41) is 0. The van der Waals surface area contributed by atoms with E-state index in [1.807, 2.05) is 0 Å². The second kappa shape index (κ2) is 8.05. The summed E-state index contributed by atoms with van der Waals surface area (Å²) in [6.07, 6.45) is 11.9. The van der Waals surface area contributed by atoms with Crippen LogP contribution in [0.2, 0.25) is 0 Å². The highest BCUT2D eigenvalue weighted by Crippen LogP contribution is 2.45. The molecule has 1 aliphatic heterocycles. The highest BCUT2D eigenvalue weighted by Gasteiger charge is 2.53. The van der Waals surface area contributed by atoms with Gasteiger partial charge in [-0.05, 0) is 103 Å². The number of carbonyl (C=O) groups is 1. The fourth-order valence-electron chi connectivity index (χ4n) is 6.16. The van der Waals surface area contributed by atoms with Gasteiger partial charge in [0.25, 0.3) is 0 Å². The molecular weight excluding hydrogens is 334 g/mol. The van der Waals surface area contributed by atoms with Crippen molar-refractivity contribution in [2.45, 2.75) is 103 Å². The number of hydrogen-bond donors (Lipinski definition) is 0. The summed E-state index contributed by atoms with van der Waals surface area (Å²) < 4.78 is 5.87. The molecule has 3 aliphatic rings. The molecule has 0 radical (unpaired) electrons. The third-order valence-corrected chi connectivity index (χ3v) is 8.69. The van der Waals surface area contributed by atoms with E-state index in [0.717, 1.165) is 24.2 Å². The molecule has 3 rings (SSSR count). The molecular formula is C24H43NO2. The number of rotatable bonds is 4. The molecule has 2 saturated carbocycles. The van der Waals surface area contributed by atoms with Crippen molar-refractivity contribution in [2.75, 3.05) is 13.7 Å². The average Bonchev–Trinajstić information content (AvgIpc) is 2.80. The molecule has 0 aromatic rings. The van der Waals surface area contributed by atoms with E-state index in [1.165, 1.54) is 51.4 Å². The van der Waals surface area contributed by atoms with Crippen molar-refractivity contribution in [1.82, 2.24) is 4.90 Å². The highest BCUT2D eigenvalue weighted by atomic mass is 16.5. The molecule has 0 amide bonds. The van der Waals surface area contributed by atoms with Crippen LogP contribution in [0.1, 0.15) is 92.4 Å².